The van der Waals surface area contributed by atoms with Crippen LogP contribution in [-0.2, 0) is 4.79 Å². The fourth-order valence-electron chi connectivity index (χ4n) is 3.05. The van der Waals surface area contributed by atoms with Crippen molar-refractivity contribution in [3.63, 3.8) is 0 Å². The molecule has 5 nitrogen and oxygen atoms in total. The number of amides is 1. The van der Waals surface area contributed by atoms with Gasteiger partial charge < -0.3 is 4.90 Å². The second kappa shape index (κ2) is 10.3. The van der Waals surface area contributed by atoms with Gasteiger partial charge in [0, 0.05) is 51.0 Å². The van der Waals surface area contributed by atoms with E-state index in [9.17, 15) is 4.79 Å². The largest absolute Gasteiger partial charge is 0.369 e. The number of para-hydroxylation sites is 1. The summed E-state index contributed by atoms with van der Waals surface area (Å²) < 4.78 is 0. The summed E-state index contributed by atoms with van der Waals surface area (Å²) in [6.45, 7) is 4.71. The maximum Gasteiger partial charge on any atom is 0.241 e. The molecular formula is C22H26N4O. The van der Waals surface area contributed by atoms with Crippen molar-refractivity contribution >= 4 is 23.9 Å². The Morgan fingerprint density at radius 3 is 2.33 bits per heavy atom. The third-order valence-corrected chi connectivity index (χ3v) is 4.59. The summed E-state index contributed by atoms with van der Waals surface area (Å²) in [5.74, 6) is -0.0511. The van der Waals surface area contributed by atoms with Gasteiger partial charge in [-0.3, -0.25) is 9.69 Å². The molecule has 0 spiro atoms. The van der Waals surface area contributed by atoms with Crippen molar-refractivity contribution in [1.29, 1.82) is 0 Å². The minimum Gasteiger partial charge on any atom is -0.369 e. The minimum absolute atomic E-state index is 0.0511. The molecule has 1 N–H and O–H groups in total. The van der Waals surface area contributed by atoms with Crippen molar-refractivity contribution in [1.82, 2.24) is 10.3 Å². The van der Waals surface area contributed by atoms with E-state index in [1.807, 2.05) is 48.6 Å². The van der Waals surface area contributed by atoms with Gasteiger partial charge in [0.2, 0.25) is 5.91 Å². The molecule has 2 aromatic carbocycles. The molecule has 140 valence electrons. The van der Waals surface area contributed by atoms with E-state index in [2.05, 4.69) is 44.6 Å². The number of nitrogens with zero attached hydrogens (tertiary/aromatic N) is 3. The highest BCUT2D eigenvalue weighted by Crippen LogP contribution is 2.15. The molecule has 5 heteroatoms. The van der Waals surface area contributed by atoms with E-state index in [1.54, 1.807) is 6.21 Å². The fraction of sp³-hybridized carbons (Fsp3) is 0.273. The average Bonchev–Trinajstić information content (AvgIpc) is 2.74. The Kier molecular flexibility index (Phi) is 7.18. The van der Waals surface area contributed by atoms with Gasteiger partial charge in [-0.25, -0.2) is 5.43 Å². The molecule has 0 aliphatic carbocycles. The van der Waals surface area contributed by atoms with E-state index in [-0.39, 0.29) is 5.91 Å². The van der Waals surface area contributed by atoms with Gasteiger partial charge in [0.05, 0.1) is 0 Å². The predicted octanol–water partition coefficient (Wildman–Crippen LogP) is 3.01. The first-order valence-corrected chi connectivity index (χ1v) is 9.37. The Labute approximate surface area is 161 Å². The van der Waals surface area contributed by atoms with Gasteiger partial charge in [0.1, 0.15) is 0 Å². The Bertz CT molecular complexity index is 750. The number of nitrogens with one attached hydrogen (secondary N) is 1. The quantitative estimate of drug-likeness (QED) is 0.608. The average molecular weight is 362 g/mol. The number of carbonyl (C=O) groups is 1. The van der Waals surface area contributed by atoms with Crippen molar-refractivity contribution in [2.24, 2.45) is 5.10 Å². The molecule has 1 heterocycles. The SMILES string of the molecule is O=C(CCN1CCN(c2ccccc2)CC1)N/N=C\C=C\c1ccccc1. The van der Waals surface area contributed by atoms with Crippen LogP contribution in [0.15, 0.2) is 71.8 Å². The number of hydrazone groups is 1. The predicted molar refractivity (Wildman–Crippen MR) is 112 cm³/mol. The molecule has 1 aliphatic rings. The Morgan fingerprint density at radius 1 is 0.963 bits per heavy atom. The number of allylic oxidation sites excluding steroid dienone is 1. The molecule has 0 atom stereocenters. The van der Waals surface area contributed by atoms with Crippen LogP contribution < -0.4 is 10.3 Å². The number of rotatable bonds is 7. The molecule has 0 aromatic heterocycles. The molecule has 2 aromatic rings. The molecule has 27 heavy (non-hydrogen) atoms. The van der Waals surface area contributed by atoms with Crippen LogP contribution in [0.5, 0.6) is 0 Å². The number of piperazine rings is 1. The zero-order valence-electron chi connectivity index (χ0n) is 15.5. The van der Waals surface area contributed by atoms with Gasteiger partial charge in [0.25, 0.3) is 0 Å². The van der Waals surface area contributed by atoms with Crippen molar-refractivity contribution in [3.05, 3.63) is 72.3 Å². The highest BCUT2D eigenvalue weighted by atomic mass is 16.2. The molecular weight excluding hydrogens is 336 g/mol. The van der Waals surface area contributed by atoms with E-state index in [1.165, 1.54) is 5.69 Å². The van der Waals surface area contributed by atoms with Crippen molar-refractivity contribution in [2.45, 2.75) is 6.42 Å². The van der Waals surface area contributed by atoms with Crippen LogP contribution in [0.4, 0.5) is 5.69 Å². The highest BCUT2D eigenvalue weighted by molar-refractivity contribution is 5.81. The lowest BCUT2D eigenvalue weighted by molar-refractivity contribution is -0.121. The van der Waals surface area contributed by atoms with Gasteiger partial charge >= 0.3 is 0 Å². The molecule has 0 saturated carbocycles. The molecule has 0 bridgehead atoms. The van der Waals surface area contributed by atoms with E-state index in [4.69, 9.17) is 0 Å². The van der Waals surface area contributed by atoms with Gasteiger partial charge in [0.15, 0.2) is 0 Å². The number of hydrogen-bond acceptors (Lipinski definition) is 4. The highest BCUT2D eigenvalue weighted by Gasteiger charge is 2.17. The summed E-state index contributed by atoms with van der Waals surface area (Å²) in [4.78, 5) is 16.6. The monoisotopic (exact) mass is 362 g/mol. The smallest absolute Gasteiger partial charge is 0.241 e. The molecule has 1 amide bonds. The summed E-state index contributed by atoms with van der Waals surface area (Å²) in [5, 5.41) is 3.96. The maximum atomic E-state index is 11.9. The van der Waals surface area contributed by atoms with E-state index < -0.39 is 0 Å². The lowest BCUT2D eigenvalue weighted by Crippen LogP contribution is -2.47. The maximum absolute atomic E-state index is 11.9. The number of benzene rings is 2. The Balaban J connectivity index is 1.32. The van der Waals surface area contributed by atoms with Crippen LogP contribution in [0, 0.1) is 0 Å². The Morgan fingerprint density at radius 2 is 1.63 bits per heavy atom. The van der Waals surface area contributed by atoms with E-state index >= 15 is 0 Å². The number of carbonyl (C=O) groups excluding carboxylic acids is 1. The molecule has 0 unspecified atom stereocenters. The summed E-state index contributed by atoms with van der Waals surface area (Å²) in [5.41, 5.74) is 4.96. The van der Waals surface area contributed by atoms with Crippen LogP contribution in [0.1, 0.15) is 12.0 Å². The first kappa shape index (κ1) is 18.9. The fourth-order valence-corrected chi connectivity index (χ4v) is 3.05. The number of hydrogen-bond donors (Lipinski definition) is 1. The first-order valence-electron chi connectivity index (χ1n) is 9.37. The van der Waals surface area contributed by atoms with Crippen LogP contribution in [-0.4, -0.2) is 49.7 Å². The van der Waals surface area contributed by atoms with E-state index in [0.29, 0.717) is 6.42 Å². The Hall–Kier alpha value is -2.92. The van der Waals surface area contributed by atoms with Gasteiger partial charge in [-0.05, 0) is 23.8 Å². The van der Waals surface area contributed by atoms with Gasteiger partial charge in [-0.15, -0.1) is 0 Å². The minimum atomic E-state index is -0.0511. The second-order valence-electron chi connectivity index (χ2n) is 6.50. The lowest BCUT2D eigenvalue weighted by Gasteiger charge is -2.36. The topological polar surface area (TPSA) is 47.9 Å². The molecule has 1 aliphatic heterocycles. The molecule has 0 radical (unpaired) electrons. The van der Waals surface area contributed by atoms with Crippen LogP contribution >= 0.6 is 0 Å². The van der Waals surface area contributed by atoms with Gasteiger partial charge in [-0.2, -0.15) is 5.10 Å². The molecule has 3 rings (SSSR count). The number of anilines is 1. The standard InChI is InChI=1S/C22H26N4O/c27-22(24-23-14-7-10-20-8-3-1-4-9-20)13-15-25-16-18-26(19-17-25)21-11-5-2-6-12-21/h1-12,14H,13,15-19H2,(H,24,27)/b10-7+,23-14-. The second-order valence-corrected chi connectivity index (χ2v) is 6.50. The first-order chi connectivity index (χ1) is 13.3. The van der Waals surface area contributed by atoms with Crippen LogP contribution in [0.25, 0.3) is 6.08 Å². The van der Waals surface area contributed by atoms with E-state index in [0.717, 1.165) is 38.3 Å². The third-order valence-electron chi connectivity index (χ3n) is 4.59. The van der Waals surface area contributed by atoms with Crippen LogP contribution in [0.2, 0.25) is 0 Å². The van der Waals surface area contributed by atoms with Crippen molar-refractivity contribution < 1.29 is 4.79 Å². The zero-order valence-corrected chi connectivity index (χ0v) is 15.5. The normalized spacial score (nSPS) is 15.5. The summed E-state index contributed by atoms with van der Waals surface area (Å²) in [6, 6.07) is 20.5. The van der Waals surface area contributed by atoms with Crippen molar-refractivity contribution in [2.75, 3.05) is 37.6 Å². The zero-order chi connectivity index (χ0) is 18.7. The third kappa shape index (κ3) is 6.38. The molecule has 1 fully saturated rings. The van der Waals surface area contributed by atoms with Crippen molar-refractivity contribution in [3.8, 4) is 0 Å². The lowest BCUT2D eigenvalue weighted by atomic mass is 10.2. The summed E-state index contributed by atoms with van der Waals surface area (Å²) >= 11 is 0. The summed E-state index contributed by atoms with van der Waals surface area (Å²) in [6.07, 6.45) is 5.83. The van der Waals surface area contributed by atoms with Crippen LogP contribution in [0.3, 0.4) is 0 Å². The summed E-state index contributed by atoms with van der Waals surface area (Å²) in [7, 11) is 0. The molecule has 1 saturated heterocycles. The van der Waals surface area contributed by atoms with Gasteiger partial charge in [-0.1, -0.05) is 54.6 Å².